The number of hydrogen-bond acceptors (Lipinski definition) is 4. The van der Waals surface area contributed by atoms with Crippen molar-refractivity contribution in [3.8, 4) is 0 Å². The standard InChI is InChI=1S/C17H22N2O4/c1-17(2,3)23-16(22)18-14(9-12-7-5-4-6-8-12)15(21)19-10-13(20)11-19/h4-8,14H,9-11H2,1-3H3,(H,18,22)/t14-/m0/s1. The van der Waals surface area contributed by atoms with Crippen LogP contribution in [-0.2, 0) is 20.7 Å². The Morgan fingerprint density at radius 1 is 1.22 bits per heavy atom. The van der Waals surface area contributed by atoms with E-state index in [4.69, 9.17) is 4.74 Å². The number of rotatable bonds is 4. The van der Waals surface area contributed by atoms with E-state index in [1.54, 1.807) is 20.8 Å². The van der Waals surface area contributed by atoms with Gasteiger partial charge in [-0.1, -0.05) is 30.3 Å². The van der Waals surface area contributed by atoms with Gasteiger partial charge < -0.3 is 15.0 Å². The number of nitrogens with one attached hydrogen (secondary N) is 1. The molecular formula is C17H22N2O4. The number of amides is 2. The molecule has 1 N–H and O–H groups in total. The van der Waals surface area contributed by atoms with E-state index in [9.17, 15) is 14.4 Å². The van der Waals surface area contributed by atoms with Crippen LogP contribution in [0.4, 0.5) is 4.79 Å². The zero-order valence-electron chi connectivity index (χ0n) is 13.7. The van der Waals surface area contributed by atoms with E-state index in [2.05, 4.69) is 5.32 Å². The number of Topliss-reactive ketones (excluding diaryl/α,β-unsaturated/α-hetero) is 1. The molecule has 0 spiro atoms. The predicted molar refractivity (Wildman–Crippen MR) is 84.9 cm³/mol. The number of nitrogens with zero attached hydrogens (tertiary/aromatic N) is 1. The highest BCUT2D eigenvalue weighted by Crippen LogP contribution is 2.12. The summed E-state index contributed by atoms with van der Waals surface area (Å²) in [4.78, 5) is 37.0. The van der Waals surface area contributed by atoms with Gasteiger partial charge in [-0.15, -0.1) is 0 Å². The highest BCUT2D eigenvalue weighted by Gasteiger charge is 2.34. The lowest BCUT2D eigenvalue weighted by atomic mass is 10.0. The molecule has 1 atom stereocenters. The van der Waals surface area contributed by atoms with Crippen molar-refractivity contribution in [3.63, 3.8) is 0 Å². The summed E-state index contributed by atoms with van der Waals surface area (Å²) in [6.07, 6.45) is -0.289. The molecule has 6 nitrogen and oxygen atoms in total. The molecule has 1 fully saturated rings. The van der Waals surface area contributed by atoms with Gasteiger partial charge in [-0.25, -0.2) is 4.79 Å². The zero-order valence-corrected chi connectivity index (χ0v) is 13.7. The maximum Gasteiger partial charge on any atom is 0.408 e. The second kappa shape index (κ2) is 6.81. The van der Waals surface area contributed by atoms with Gasteiger partial charge in [-0.2, -0.15) is 0 Å². The van der Waals surface area contributed by atoms with Crippen molar-refractivity contribution in [2.45, 2.75) is 38.8 Å². The van der Waals surface area contributed by atoms with Crippen LogP contribution in [0.1, 0.15) is 26.3 Å². The topological polar surface area (TPSA) is 75.7 Å². The summed E-state index contributed by atoms with van der Waals surface area (Å²) in [5.41, 5.74) is 0.283. The Morgan fingerprint density at radius 3 is 2.35 bits per heavy atom. The fourth-order valence-electron chi connectivity index (χ4n) is 2.26. The lowest BCUT2D eigenvalue weighted by Gasteiger charge is -2.33. The van der Waals surface area contributed by atoms with Gasteiger partial charge in [0.25, 0.3) is 0 Å². The van der Waals surface area contributed by atoms with Gasteiger partial charge in [-0.05, 0) is 26.3 Å². The van der Waals surface area contributed by atoms with Gasteiger partial charge in [0.2, 0.25) is 5.91 Å². The second-order valence-electron chi connectivity index (χ2n) is 6.62. The Bertz CT molecular complexity index is 584. The molecule has 0 aliphatic carbocycles. The fraction of sp³-hybridized carbons (Fsp3) is 0.471. The quantitative estimate of drug-likeness (QED) is 0.913. The molecule has 124 valence electrons. The normalized spacial score (nSPS) is 15.6. The van der Waals surface area contributed by atoms with Crippen LogP contribution in [0.25, 0.3) is 0 Å². The van der Waals surface area contributed by atoms with Crippen LogP contribution in [0.2, 0.25) is 0 Å². The number of carbonyl (C=O) groups is 3. The Balaban J connectivity index is 2.06. The van der Waals surface area contributed by atoms with Gasteiger partial charge in [0.05, 0.1) is 13.1 Å². The third kappa shape index (κ3) is 5.09. The highest BCUT2D eigenvalue weighted by atomic mass is 16.6. The lowest BCUT2D eigenvalue weighted by molar-refractivity contribution is -0.146. The summed E-state index contributed by atoms with van der Waals surface area (Å²) >= 11 is 0. The van der Waals surface area contributed by atoms with Gasteiger partial charge in [0.15, 0.2) is 5.78 Å². The molecule has 2 rings (SSSR count). The summed E-state index contributed by atoms with van der Waals surface area (Å²) in [6, 6.07) is 8.65. The maximum atomic E-state index is 12.5. The third-order valence-corrected chi connectivity index (χ3v) is 3.32. The Labute approximate surface area is 135 Å². The molecule has 0 saturated carbocycles. The Hall–Kier alpha value is -2.37. The minimum atomic E-state index is -0.750. The van der Waals surface area contributed by atoms with Crippen LogP contribution >= 0.6 is 0 Å². The molecule has 1 aromatic carbocycles. The van der Waals surface area contributed by atoms with Crippen molar-refractivity contribution in [1.29, 1.82) is 0 Å². The fourth-order valence-corrected chi connectivity index (χ4v) is 2.26. The Kier molecular flexibility index (Phi) is 5.03. The van der Waals surface area contributed by atoms with Crippen LogP contribution in [0, 0.1) is 0 Å². The maximum absolute atomic E-state index is 12.5. The summed E-state index contributed by atoms with van der Waals surface area (Å²) in [5, 5.41) is 2.62. The van der Waals surface area contributed by atoms with Gasteiger partial charge in [-0.3, -0.25) is 9.59 Å². The first-order chi connectivity index (χ1) is 10.7. The lowest BCUT2D eigenvalue weighted by Crippen LogP contribution is -2.58. The highest BCUT2D eigenvalue weighted by molar-refractivity contribution is 5.98. The molecule has 0 bridgehead atoms. The number of carbonyl (C=O) groups excluding carboxylic acids is 3. The van der Waals surface area contributed by atoms with Crippen LogP contribution < -0.4 is 5.32 Å². The van der Waals surface area contributed by atoms with Crippen molar-refractivity contribution < 1.29 is 19.1 Å². The van der Waals surface area contributed by atoms with Crippen molar-refractivity contribution >= 4 is 17.8 Å². The first-order valence-electron chi connectivity index (χ1n) is 7.58. The first-order valence-corrected chi connectivity index (χ1v) is 7.58. The van der Waals surface area contributed by atoms with Crippen LogP contribution in [0.3, 0.4) is 0 Å². The van der Waals surface area contributed by atoms with Crippen molar-refractivity contribution in [3.05, 3.63) is 35.9 Å². The van der Waals surface area contributed by atoms with Gasteiger partial charge >= 0.3 is 6.09 Å². The summed E-state index contributed by atoms with van der Waals surface area (Å²) in [6.45, 7) is 5.50. The third-order valence-electron chi connectivity index (χ3n) is 3.32. The number of ether oxygens (including phenoxy) is 1. The minimum Gasteiger partial charge on any atom is -0.444 e. The number of alkyl carbamates (subject to hydrolysis) is 1. The predicted octanol–water partition coefficient (Wildman–Crippen LogP) is 1.53. The van der Waals surface area contributed by atoms with Crippen LogP contribution in [0.15, 0.2) is 30.3 Å². The molecular weight excluding hydrogens is 296 g/mol. The summed E-state index contributed by atoms with van der Waals surface area (Å²) < 4.78 is 5.22. The van der Waals surface area contributed by atoms with E-state index in [0.717, 1.165) is 5.56 Å². The monoisotopic (exact) mass is 318 g/mol. The molecule has 6 heteroatoms. The van der Waals surface area contributed by atoms with E-state index in [1.807, 2.05) is 30.3 Å². The molecule has 1 aliphatic heterocycles. The second-order valence-corrected chi connectivity index (χ2v) is 6.62. The van der Waals surface area contributed by atoms with Gasteiger partial charge in [0.1, 0.15) is 11.6 Å². The number of hydrogen-bond donors (Lipinski definition) is 1. The van der Waals surface area contributed by atoms with Gasteiger partial charge in [0, 0.05) is 6.42 Å². The minimum absolute atomic E-state index is 0.0223. The molecule has 23 heavy (non-hydrogen) atoms. The Morgan fingerprint density at radius 2 is 1.83 bits per heavy atom. The molecule has 1 aromatic rings. The van der Waals surface area contributed by atoms with Crippen molar-refractivity contribution in [2.24, 2.45) is 0 Å². The summed E-state index contributed by atoms with van der Waals surface area (Å²) in [7, 11) is 0. The molecule has 1 aliphatic rings. The summed E-state index contributed by atoms with van der Waals surface area (Å²) in [5.74, 6) is -0.242. The molecule has 0 unspecified atom stereocenters. The molecule has 2 amide bonds. The van der Waals surface area contributed by atoms with E-state index < -0.39 is 17.7 Å². The largest absolute Gasteiger partial charge is 0.444 e. The zero-order chi connectivity index (χ0) is 17.0. The SMILES string of the molecule is CC(C)(C)OC(=O)N[C@@H](Cc1ccccc1)C(=O)N1CC(=O)C1. The molecule has 0 radical (unpaired) electrons. The average Bonchev–Trinajstić information content (AvgIpc) is 2.41. The smallest absolute Gasteiger partial charge is 0.408 e. The molecule has 0 aromatic heterocycles. The van der Waals surface area contributed by atoms with E-state index >= 15 is 0 Å². The molecule has 1 heterocycles. The average molecular weight is 318 g/mol. The molecule has 1 saturated heterocycles. The number of likely N-dealkylation sites (tertiary alicyclic amines) is 1. The van der Waals surface area contributed by atoms with E-state index in [1.165, 1.54) is 4.90 Å². The van der Waals surface area contributed by atoms with Crippen molar-refractivity contribution in [1.82, 2.24) is 10.2 Å². The van der Waals surface area contributed by atoms with Crippen LogP contribution in [0.5, 0.6) is 0 Å². The first kappa shape index (κ1) is 17.0. The number of benzene rings is 1. The van der Waals surface area contributed by atoms with E-state index in [-0.39, 0.29) is 24.8 Å². The van der Waals surface area contributed by atoms with Crippen LogP contribution in [-0.4, -0.2) is 47.4 Å². The number of ketones is 1. The van der Waals surface area contributed by atoms with Crippen molar-refractivity contribution in [2.75, 3.05) is 13.1 Å². The van der Waals surface area contributed by atoms with E-state index in [0.29, 0.717) is 6.42 Å².